The van der Waals surface area contributed by atoms with Gasteiger partial charge in [0.15, 0.2) is 5.82 Å². The second-order valence-corrected chi connectivity index (χ2v) is 9.84. The molecule has 0 aliphatic carbocycles. The third-order valence-corrected chi connectivity index (χ3v) is 6.62. The van der Waals surface area contributed by atoms with Crippen LogP contribution in [0.1, 0.15) is 41.5 Å². The fourth-order valence-electron chi connectivity index (χ4n) is 4.44. The molecule has 0 bridgehead atoms. The molecule has 0 aliphatic rings. The maximum Gasteiger partial charge on any atom is 0.418 e. The van der Waals surface area contributed by atoms with Crippen LogP contribution >= 0.6 is 0 Å². The first-order chi connectivity index (χ1) is 19.5. The number of alkyl halides is 3. The van der Waals surface area contributed by atoms with Gasteiger partial charge in [-0.15, -0.1) is 0 Å². The molecule has 3 aromatic carbocycles. The fraction of sp³-hybridized carbons (Fsp3) is 0.300. The van der Waals surface area contributed by atoms with Gasteiger partial charge in [-0.05, 0) is 59.7 Å². The number of nitrogens with one attached hydrogen (secondary N) is 2. The van der Waals surface area contributed by atoms with Crippen molar-refractivity contribution in [3.05, 3.63) is 89.5 Å². The Kier molecular flexibility index (Phi) is 9.26. The molecule has 2 amide bonds. The van der Waals surface area contributed by atoms with Gasteiger partial charge in [0.1, 0.15) is 12.4 Å². The topological polar surface area (TPSA) is 85.2 Å². The van der Waals surface area contributed by atoms with Crippen LogP contribution in [0.4, 0.5) is 22.4 Å². The number of amides is 2. The zero-order valence-corrected chi connectivity index (χ0v) is 22.6. The van der Waals surface area contributed by atoms with Gasteiger partial charge in [-0.3, -0.25) is 4.79 Å². The molecule has 7 nitrogen and oxygen atoms in total. The maximum absolute atomic E-state index is 14.0. The van der Waals surface area contributed by atoms with Gasteiger partial charge in [0, 0.05) is 20.1 Å². The van der Waals surface area contributed by atoms with Crippen LogP contribution in [0.2, 0.25) is 0 Å². The number of aryl methyl sites for hydroxylation is 1. The van der Waals surface area contributed by atoms with Gasteiger partial charge < -0.3 is 19.9 Å². The quantitative estimate of drug-likeness (QED) is 0.169. The van der Waals surface area contributed by atoms with Crippen LogP contribution in [0, 0.1) is 11.7 Å². The Morgan fingerprint density at radius 1 is 1.00 bits per heavy atom. The number of nitrogens with zero attached hydrogens (tertiary/aromatic N) is 2. The number of benzene rings is 3. The molecule has 0 saturated heterocycles. The van der Waals surface area contributed by atoms with E-state index in [4.69, 9.17) is 4.74 Å². The second kappa shape index (κ2) is 12.8. The highest BCUT2D eigenvalue weighted by molar-refractivity contribution is 5.96. The molecule has 41 heavy (non-hydrogen) atoms. The Labute approximate surface area is 234 Å². The number of carbonyl (C=O) groups is 2. The molecule has 0 aliphatic heterocycles. The number of alkyl carbamates (subject to hydrolysis) is 1. The highest BCUT2D eigenvalue weighted by Crippen LogP contribution is 2.38. The molecule has 0 spiro atoms. The van der Waals surface area contributed by atoms with Crippen molar-refractivity contribution >= 4 is 23.0 Å². The molecule has 216 valence electrons. The standard InChI is InChI=1S/C30H30F4N4O3/c1-19(7-6-14-35-29(40)41-18-20-8-4-3-5-9-20)17-36-28(39)27-37-25-16-22(21-10-12-23(31)13-11-21)15-24(30(32,33)34)26(25)38(27)2/h3-5,8-13,15-16,19H,6-7,14,17-18H2,1-2H3,(H,35,40)(H,36,39)/t19-/m0/s1. The van der Waals surface area contributed by atoms with Gasteiger partial charge in [0.25, 0.3) is 5.91 Å². The van der Waals surface area contributed by atoms with Crippen LogP contribution in [-0.2, 0) is 24.6 Å². The van der Waals surface area contributed by atoms with Crippen molar-refractivity contribution in [3.63, 3.8) is 0 Å². The number of ether oxygens (including phenoxy) is 1. The van der Waals surface area contributed by atoms with E-state index in [0.29, 0.717) is 24.9 Å². The van der Waals surface area contributed by atoms with Crippen LogP contribution < -0.4 is 10.6 Å². The zero-order valence-electron chi connectivity index (χ0n) is 22.6. The van der Waals surface area contributed by atoms with Crippen LogP contribution in [0.15, 0.2) is 66.7 Å². The zero-order chi connectivity index (χ0) is 29.6. The predicted octanol–water partition coefficient (Wildman–Crippen LogP) is 6.47. The van der Waals surface area contributed by atoms with E-state index in [0.717, 1.165) is 16.2 Å². The molecular formula is C30H30F4N4O3. The number of fused-ring (bicyclic) bond motifs is 1. The molecule has 4 aromatic rings. The van der Waals surface area contributed by atoms with Gasteiger partial charge in [-0.25, -0.2) is 14.2 Å². The summed E-state index contributed by atoms with van der Waals surface area (Å²) < 4.78 is 61.7. The molecule has 1 atom stereocenters. The summed E-state index contributed by atoms with van der Waals surface area (Å²) in [6.07, 6.45) is -3.89. The molecular weight excluding hydrogens is 540 g/mol. The Bertz CT molecular complexity index is 1500. The van der Waals surface area contributed by atoms with Crippen LogP contribution in [0.5, 0.6) is 0 Å². The first kappa shape index (κ1) is 29.6. The number of halogens is 4. The molecule has 2 N–H and O–H groups in total. The summed E-state index contributed by atoms with van der Waals surface area (Å²) in [5.74, 6) is -1.23. The average molecular weight is 571 g/mol. The van der Waals surface area contributed by atoms with E-state index >= 15 is 0 Å². The number of aromatic nitrogens is 2. The number of hydrogen-bond donors (Lipinski definition) is 2. The lowest BCUT2D eigenvalue weighted by molar-refractivity contribution is -0.136. The van der Waals surface area contributed by atoms with Crippen LogP contribution in [0.3, 0.4) is 0 Å². The van der Waals surface area contributed by atoms with Crippen molar-refractivity contribution in [2.75, 3.05) is 13.1 Å². The highest BCUT2D eigenvalue weighted by atomic mass is 19.4. The minimum atomic E-state index is -4.70. The van der Waals surface area contributed by atoms with Gasteiger partial charge in [0.05, 0.1) is 16.6 Å². The van der Waals surface area contributed by atoms with E-state index in [1.165, 1.54) is 37.4 Å². The Morgan fingerprint density at radius 3 is 2.39 bits per heavy atom. The highest BCUT2D eigenvalue weighted by Gasteiger charge is 2.35. The SMILES string of the molecule is C[C@@H](CCCNC(=O)OCc1ccccc1)CNC(=O)c1nc2cc(-c3ccc(F)cc3)cc(C(F)(F)F)c2n1C. The first-order valence-corrected chi connectivity index (χ1v) is 13.1. The monoisotopic (exact) mass is 570 g/mol. The Balaban J connectivity index is 1.34. The molecule has 0 saturated carbocycles. The third kappa shape index (κ3) is 7.62. The van der Waals surface area contributed by atoms with Gasteiger partial charge in [-0.2, -0.15) is 13.2 Å². The normalized spacial score (nSPS) is 12.2. The lowest BCUT2D eigenvalue weighted by atomic mass is 10.0. The first-order valence-electron chi connectivity index (χ1n) is 13.1. The number of rotatable bonds is 10. The fourth-order valence-corrected chi connectivity index (χ4v) is 4.44. The minimum absolute atomic E-state index is 0.00470. The van der Waals surface area contributed by atoms with Crippen molar-refractivity contribution in [1.82, 2.24) is 20.2 Å². The van der Waals surface area contributed by atoms with Crippen molar-refractivity contribution in [2.24, 2.45) is 13.0 Å². The summed E-state index contributed by atoms with van der Waals surface area (Å²) in [5.41, 5.74) is 0.336. The van der Waals surface area contributed by atoms with Crippen molar-refractivity contribution < 1.29 is 31.9 Å². The van der Waals surface area contributed by atoms with E-state index in [1.807, 2.05) is 37.3 Å². The molecule has 1 heterocycles. The largest absolute Gasteiger partial charge is 0.445 e. The van der Waals surface area contributed by atoms with Gasteiger partial charge in [-0.1, -0.05) is 49.4 Å². The van der Waals surface area contributed by atoms with Crippen LogP contribution in [-0.4, -0.2) is 34.6 Å². The van der Waals surface area contributed by atoms with Gasteiger partial charge >= 0.3 is 12.3 Å². The lowest BCUT2D eigenvalue weighted by Gasteiger charge is -2.14. The molecule has 0 fully saturated rings. The Hall–Kier alpha value is -4.41. The maximum atomic E-state index is 14.0. The summed E-state index contributed by atoms with van der Waals surface area (Å²) >= 11 is 0. The van der Waals surface area contributed by atoms with Crippen molar-refractivity contribution in [2.45, 2.75) is 32.5 Å². The summed E-state index contributed by atoms with van der Waals surface area (Å²) in [6.45, 7) is 2.76. The van der Waals surface area contributed by atoms with Crippen LogP contribution in [0.25, 0.3) is 22.2 Å². The average Bonchev–Trinajstić information content (AvgIpc) is 3.29. The second-order valence-electron chi connectivity index (χ2n) is 9.84. The molecule has 0 radical (unpaired) electrons. The van der Waals surface area contributed by atoms with E-state index in [1.54, 1.807) is 0 Å². The molecule has 4 rings (SSSR count). The minimum Gasteiger partial charge on any atom is -0.445 e. The predicted molar refractivity (Wildman–Crippen MR) is 146 cm³/mol. The van der Waals surface area contributed by atoms with Crippen molar-refractivity contribution in [3.8, 4) is 11.1 Å². The van der Waals surface area contributed by atoms with E-state index in [9.17, 15) is 27.2 Å². The van der Waals surface area contributed by atoms with E-state index < -0.39 is 29.6 Å². The molecule has 0 unspecified atom stereocenters. The number of carbonyl (C=O) groups excluding carboxylic acids is 2. The van der Waals surface area contributed by atoms with Gasteiger partial charge in [0.2, 0.25) is 0 Å². The summed E-state index contributed by atoms with van der Waals surface area (Å²) in [5, 5.41) is 5.43. The summed E-state index contributed by atoms with van der Waals surface area (Å²) in [4.78, 5) is 29.0. The summed E-state index contributed by atoms with van der Waals surface area (Å²) in [6, 6.07) is 16.9. The lowest BCUT2D eigenvalue weighted by Crippen LogP contribution is -2.31. The molecule has 1 aromatic heterocycles. The smallest absolute Gasteiger partial charge is 0.418 e. The van der Waals surface area contributed by atoms with E-state index in [-0.39, 0.29) is 41.5 Å². The Morgan fingerprint density at radius 2 is 1.71 bits per heavy atom. The summed E-state index contributed by atoms with van der Waals surface area (Å²) in [7, 11) is 1.36. The van der Waals surface area contributed by atoms with Crippen molar-refractivity contribution in [1.29, 1.82) is 0 Å². The third-order valence-electron chi connectivity index (χ3n) is 6.62. The number of imidazole rings is 1. The number of hydrogen-bond acceptors (Lipinski definition) is 4. The molecule has 11 heteroatoms. The van der Waals surface area contributed by atoms with E-state index in [2.05, 4.69) is 15.6 Å².